The maximum atomic E-state index is 12.6. The summed E-state index contributed by atoms with van der Waals surface area (Å²) in [5.74, 6) is 0.270. The summed E-state index contributed by atoms with van der Waals surface area (Å²) in [7, 11) is 1.58. The van der Waals surface area contributed by atoms with Crippen molar-refractivity contribution in [3.8, 4) is 11.4 Å². The zero-order chi connectivity index (χ0) is 20.9. The van der Waals surface area contributed by atoms with E-state index >= 15 is 0 Å². The molecule has 156 valence electrons. The molecule has 30 heavy (non-hydrogen) atoms. The molecule has 1 aromatic carbocycles. The Morgan fingerprint density at radius 3 is 2.90 bits per heavy atom. The maximum absolute atomic E-state index is 12.6. The third kappa shape index (κ3) is 4.50. The van der Waals surface area contributed by atoms with Gasteiger partial charge in [0.1, 0.15) is 11.4 Å². The van der Waals surface area contributed by atoms with Gasteiger partial charge >= 0.3 is 0 Å². The first-order chi connectivity index (χ1) is 14.6. The van der Waals surface area contributed by atoms with E-state index in [0.29, 0.717) is 31.8 Å². The molecule has 8 nitrogen and oxygen atoms in total. The van der Waals surface area contributed by atoms with Gasteiger partial charge in [-0.15, -0.1) is 0 Å². The fourth-order valence-corrected chi connectivity index (χ4v) is 3.45. The van der Waals surface area contributed by atoms with Crippen molar-refractivity contribution in [2.24, 2.45) is 0 Å². The fourth-order valence-electron chi connectivity index (χ4n) is 3.45. The first kappa shape index (κ1) is 20.1. The van der Waals surface area contributed by atoms with Crippen molar-refractivity contribution < 1.29 is 19.4 Å². The largest absolute Gasteiger partial charge is 0.495 e. The Kier molecular flexibility index (Phi) is 6.06. The van der Waals surface area contributed by atoms with E-state index in [4.69, 9.17) is 9.47 Å². The highest BCUT2D eigenvalue weighted by Crippen LogP contribution is 2.22. The number of rotatable bonds is 6. The number of hydrogen-bond donors (Lipinski definition) is 2. The molecule has 2 aromatic heterocycles. The van der Waals surface area contributed by atoms with Crippen molar-refractivity contribution in [2.75, 3.05) is 20.3 Å². The Morgan fingerprint density at radius 2 is 2.20 bits per heavy atom. The molecule has 1 aliphatic heterocycles. The molecule has 4 rings (SSSR count). The highest BCUT2D eigenvalue weighted by atomic mass is 16.5. The molecule has 8 heteroatoms. The lowest BCUT2D eigenvalue weighted by atomic mass is 10.0. The lowest BCUT2D eigenvalue weighted by molar-refractivity contribution is -0.0140. The van der Waals surface area contributed by atoms with Crippen molar-refractivity contribution in [3.05, 3.63) is 71.8 Å². The van der Waals surface area contributed by atoms with Gasteiger partial charge in [-0.25, -0.2) is 9.67 Å². The second-order valence-corrected chi connectivity index (χ2v) is 7.19. The van der Waals surface area contributed by atoms with Crippen LogP contribution in [0.1, 0.15) is 28.0 Å². The van der Waals surface area contributed by atoms with Crippen LogP contribution >= 0.6 is 0 Å². The van der Waals surface area contributed by atoms with Gasteiger partial charge in [-0.1, -0.05) is 12.1 Å². The molecule has 1 fully saturated rings. The standard InChI is InChI=1S/C22H24N4O4/c1-29-21-13-23-18(22(28)25-19-14-30-10-7-20(19)27)12-16(21)11-15-3-5-17(6-4-15)26-9-2-8-24-26/h2-6,8-9,12-13,19-20,27H,7,10-11,14H2,1H3,(H,25,28)/t19-,20-/m0/s1. The Balaban J connectivity index is 1.50. The molecule has 0 spiro atoms. The van der Waals surface area contributed by atoms with Gasteiger partial charge in [0.25, 0.3) is 5.91 Å². The summed E-state index contributed by atoms with van der Waals surface area (Å²) in [6.07, 6.45) is 5.65. The number of benzene rings is 1. The molecule has 0 radical (unpaired) electrons. The molecular weight excluding hydrogens is 384 g/mol. The second-order valence-electron chi connectivity index (χ2n) is 7.19. The van der Waals surface area contributed by atoms with Gasteiger partial charge in [0.2, 0.25) is 0 Å². The number of amides is 1. The van der Waals surface area contributed by atoms with E-state index < -0.39 is 12.1 Å². The molecule has 0 unspecified atom stereocenters. The van der Waals surface area contributed by atoms with Gasteiger partial charge in [-0.2, -0.15) is 5.10 Å². The number of hydrogen-bond acceptors (Lipinski definition) is 6. The van der Waals surface area contributed by atoms with Gasteiger partial charge in [-0.3, -0.25) is 4.79 Å². The number of carbonyl (C=O) groups excluding carboxylic acids is 1. The van der Waals surface area contributed by atoms with Crippen molar-refractivity contribution in [1.29, 1.82) is 0 Å². The Hall–Kier alpha value is -3.23. The number of aromatic nitrogens is 3. The predicted molar refractivity (Wildman–Crippen MR) is 110 cm³/mol. The molecule has 0 bridgehead atoms. The van der Waals surface area contributed by atoms with Crippen LogP contribution in [0.4, 0.5) is 0 Å². The molecule has 1 aliphatic rings. The van der Waals surface area contributed by atoms with Crippen LogP contribution in [0.25, 0.3) is 5.69 Å². The van der Waals surface area contributed by atoms with E-state index in [2.05, 4.69) is 15.4 Å². The molecular formula is C22H24N4O4. The predicted octanol–water partition coefficient (Wildman–Crippen LogP) is 1.75. The number of nitrogens with one attached hydrogen (secondary N) is 1. The lowest BCUT2D eigenvalue weighted by Gasteiger charge is -2.28. The smallest absolute Gasteiger partial charge is 0.270 e. The number of nitrogens with zero attached hydrogens (tertiary/aromatic N) is 3. The summed E-state index contributed by atoms with van der Waals surface area (Å²) in [5, 5.41) is 17.1. The summed E-state index contributed by atoms with van der Waals surface area (Å²) in [6, 6.07) is 11.2. The van der Waals surface area contributed by atoms with Gasteiger partial charge < -0.3 is 19.9 Å². The van der Waals surface area contributed by atoms with E-state index in [-0.39, 0.29) is 11.6 Å². The quantitative estimate of drug-likeness (QED) is 0.645. The zero-order valence-corrected chi connectivity index (χ0v) is 16.7. The zero-order valence-electron chi connectivity index (χ0n) is 16.7. The number of methoxy groups -OCH3 is 1. The van der Waals surface area contributed by atoms with Crippen molar-refractivity contribution in [3.63, 3.8) is 0 Å². The van der Waals surface area contributed by atoms with Crippen molar-refractivity contribution in [1.82, 2.24) is 20.1 Å². The molecule has 2 atom stereocenters. The summed E-state index contributed by atoms with van der Waals surface area (Å²) in [5.41, 5.74) is 3.17. The van der Waals surface area contributed by atoms with Gasteiger partial charge in [0, 0.05) is 31.0 Å². The summed E-state index contributed by atoms with van der Waals surface area (Å²) in [6.45, 7) is 0.788. The minimum absolute atomic E-state index is 0.275. The van der Waals surface area contributed by atoms with Gasteiger partial charge in [-0.05, 0) is 36.2 Å². The van der Waals surface area contributed by atoms with Crippen LogP contribution in [0.2, 0.25) is 0 Å². The van der Waals surface area contributed by atoms with E-state index in [0.717, 1.165) is 16.8 Å². The van der Waals surface area contributed by atoms with Crippen molar-refractivity contribution >= 4 is 5.91 Å². The first-order valence-electron chi connectivity index (χ1n) is 9.82. The average molecular weight is 408 g/mol. The highest BCUT2D eigenvalue weighted by molar-refractivity contribution is 5.92. The minimum atomic E-state index is -0.617. The van der Waals surface area contributed by atoms with E-state index in [1.165, 1.54) is 0 Å². The van der Waals surface area contributed by atoms with Crippen LogP contribution in [0, 0.1) is 0 Å². The minimum Gasteiger partial charge on any atom is -0.495 e. The first-order valence-corrected chi connectivity index (χ1v) is 9.82. The van der Waals surface area contributed by atoms with Crippen LogP contribution in [0.3, 0.4) is 0 Å². The molecule has 0 aliphatic carbocycles. The number of pyridine rings is 1. The lowest BCUT2D eigenvalue weighted by Crippen LogP contribution is -2.49. The maximum Gasteiger partial charge on any atom is 0.270 e. The number of aliphatic hydroxyl groups is 1. The molecule has 1 saturated heterocycles. The van der Waals surface area contributed by atoms with E-state index in [1.807, 2.05) is 36.5 Å². The third-order valence-electron chi connectivity index (χ3n) is 5.14. The summed E-state index contributed by atoms with van der Waals surface area (Å²) >= 11 is 0. The number of aliphatic hydroxyl groups excluding tert-OH is 1. The molecule has 0 saturated carbocycles. The molecule has 1 amide bonds. The van der Waals surface area contributed by atoms with E-state index in [1.54, 1.807) is 30.3 Å². The second kappa shape index (κ2) is 9.06. The monoisotopic (exact) mass is 408 g/mol. The highest BCUT2D eigenvalue weighted by Gasteiger charge is 2.26. The van der Waals surface area contributed by atoms with Crippen LogP contribution in [0.5, 0.6) is 5.75 Å². The molecule has 3 aromatic rings. The van der Waals surface area contributed by atoms with Crippen LogP contribution < -0.4 is 10.1 Å². The van der Waals surface area contributed by atoms with Gasteiger partial charge in [0.05, 0.1) is 37.7 Å². The SMILES string of the molecule is COc1cnc(C(=O)N[C@H]2COCC[C@@H]2O)cc1Cc1ccc(-n2cccn2)cc1. The van der Waals surface area contributed by atoms with Crippen LogP contribution in [0.15, 0.2) is 55.0 Å². The Bertz CT molecular complexity index is 989. The van der Waals surface area contributed by atoms with Crippen LogP contribution in [-0.4, -0.2) is 58.2 Å². The normalized spacial score (nSPS) is 18.7. The van der Waals surface area contributed by atoms with Crippen LogP contribution in [-0.2, 0) is 11.2 Å². The number of ether oxygens (including phenoxy) is 2. The molecule has 2 N–H and O–H groups in total. The Morgan fingerprint density at radius 1 is 1.37 bits per heavy atom. The average Bonchev–Trinajstić information content (AvgIpc) is 3.31. The third-order valence-corrected chi connectivity index (χ3v) is 5.14. The van der Waals surface area contributed by atoms with E-state index in [9.17, 15) is 9.90 Å². The van der Waals surface area contributed by atoms with Gasteiger partial charge in [0.15, 0.2) is 0 Å². The fraction of sp³-hybridized carbons (Fsp3) is 0.318. The number of carbonyl (C=O) groups is 1. The Labute approximate surface area is 174 Å². The molecule has 3 heterocycles. The topological polar surface area (TPSA) is 98.5 Å². The summed E-state index contributed by atoms with van der Waals surface area (Å²) in [4.78, 5) is 16.9. The van der Waals surface area contributed by atoms with Crippen molar-refractivity contribution in [2.45, 2.75) is 25.0 Å². The summed E-state index contributed by atoms with van der Waals surface area (Å²) < 4.78 is 12.6.